The number of thioether (sulfide) groups is 2. The molecule has 3 N–H and O–H groups in total. The zero-order chi connectivity index (χ0) is 111. The summed E-state index contributed by atoms with van der Waals surface area (Å²) in [7, 11) is -4.86. The molecule has 2 aliphatic rings. The lowest BCUT2D eigenvalue weighted by Gasteiger charge is -2.32. The molecule has 11 aromatic rings. The molecule has 13 rings (SSSR count). The Kier molecular flexibility index (Phi) is 51.4. The number of halogens is 3. The van der Waals surface area contributed by atoms with E-state index in [1.54, 1.807) is 77.3 Å². The Morgan fingerprint density at radius 1 is 0.433 bits per heavy atom. The Bertz CT molecular complexity index is 6230. The first-order chi connectivity index (χ1) is 70.3. The van der Waals surface area contributed by atoms with E-state index < -0.39 is 46.6 Å². The van der Waals surface area contributed by atoms with Crippen molar-refractivity contribution >= 4 is 177 Å². The Morgan fingerprint density at radius 3 is 1.16 bits per heavy atom. The molecule has 0 saturated carbocycles. The predicted octanol–water partition coefficient (Wildman–Crippen LogP) is 29.5. The molecule has 9 heterocycles. The monoisotopic (exact) mass is 2370 g/mol. The normalized spacial score (nSPS) is 14.1. The number of carboxylic acids is 1. The summed E-state index contributed by atoms with van der Waals surface area (Å²) in [6.07, 6.45) is 23.5. The number of nitrogens with two attached hydrogens (primary N) is 1. The van der Waals surface area contributed by atoms with Crippen LogP contribution in [0, 0.1) is 39.5 Å². The molecule has 4 aromatic carbocycles. The number of hydrogen-bond acceptors (Lipinski definition) is 31. The van der Waals surface area contributed by atoms with Gasteiger partial charge in [-0.05, 0) is 335 Å². The number of carbonyl (C=O) groups excluding carboxylic acids is 5. The number of pyridine rings is 4. The first-order valence-electron chi connectivity index (χ1n) is 50.3. The van der Waals surface area contributed by atoms with Gasteiger partial charge in [-0.25, -0.2) is 42.5 Å². The van der Waals surface area contributed by atoms with E-state index in [9.17, 15) is 42.3 Å². The summed E-state index contributed by atoms with van der Waals surface area (Å²) in [6, 6.07) is 36.4. The van der Waals surface area contributed by atoms with Crippen LogP contribution in [0.1, 0.15) is 303 Å². The number of aromatic carboxylic acids is 1. The number of sulfone groups is 1. The number of aromatic nitrogens is 7. The average Bonchev–Trinajstić information content (AvgIpc) is 1.59. The largest absolute Gasteiger partial charge is 0.488 e. The van der Waals surface area contributed by atoms with Gasteiger partial charge in [-0.3, -0.25) is 29.5 Å². The van der Waals surface area contributed by atoms with Crippen molar-refractivity contribution < 1.29 is 84.6 Å². The van der Waals surface area contributed by atoms with Crippen LogP contribution >= 0.6 is 117 Å². The minimum absolute atomic E-state index is 0.0217. The van der Waals surface area contributed by atoms with Crippen LogP contribution in [-0.2, 0) is 81.1 Å². The van der Waals surface area contributed by atoms with E-state index in [0.29, 0.717) is 82.2 Å². The van der Waals surface area contributed by atoms with Crippen LogP contribution in [0.4, 0.5) is 0 Å². The number of carbonyl (C=O) groups is 6. The zero-order valence-electron chi connectivity index (χ0n) is 91.5. The smallest absolute Gasteiger partial charge is 0.478 e. The Morgan fingerprint density at radius 2 is 0.813 bits per heavy atom. The van der Waals surface area contributed by atoms with E-state index in [2.05, 4.69) is 130 Å². The van der Waals surface area contributed by atoms with E-state index in [1.807, 2.05) is 237 Å². The number of unbranched alkanes of at least 4 members (excludes halogenated alkanes) is 2. The SMILES string of the molecule is CC1(C)OB(B2OC(C)(C)C(C)(C)O2)OC1(C)C.CCCCC(CC)COC(=O)CCSc1cc(Br)cc(C(=O)OC(C)(C)C)c1.CCCCC(CC)COC(=O)CCSc1cc(C(=O)OC(C)(C)C)cc(-c2ccc(C)nc2)c1.CCc1ncc(Br)s1.CCc1ncc(Sc2cc(C(=O)OC(C)(C)C)cc(-c3ccc(C)nc3)c2)s1.Cc1ccc(-c2cc(C(=O)O)cc(S(=O)(=O)c3cnc(CN)s3)c2)cn1.Cc1ccc(Br)cn1. The Hall–Kier alpha value is -8.44. The maximum absolute atomic E-state index is 12.9. The number of carboxylic acid groups (broad SMARTS) is 1. The molecule has 0 bridgehead atoms. The van der Waals surface area contributed by atoms with Crippen molar-refractivity contribution in [1.82, 2.24) is 34.9 Å². The van der Waals surface area contributed by atoms with Gasteiger partial charge >= 0.3 is 49.8 Å². The van der Waals surface area contributed by atoms with Crippen molar-refractivity contribution in [2.75, 3.05) is 24.7 Å². The molecule has 812 valence electrons. The summed E-state index contributed by atoms with van der Waals surface area (Å²) in [5.74, 6) is -0.515. The highest BCUT2D eigenvalue weighted by atomic mass is 79.9. The van der Waals surface area contributed by atoms with Gasteiger partial charge in [0.2, 0.25) is 9.84 Å². The lowest BCUT2D eigenvalue weighted by atomic mass is 9.49. The second-order valence-electron chi connectivity index (χ2n) is 40.8. The van der Waals surface area contributed by atoms with Crippen LogP contribution in [0.5, 0.6) is 0 Å². The summed E-state index contributed by atoms with van der Waals surface area (Å²) in [5, 5.41) is 12.2. The highest BCUT2D eigenvalue weighted by Gasteiger charge is 2.64. The third kappa shape index (κ3) is 43.7. The number of aryl methyl sites for hydroxylation is 6. The van der Waals surface area contributed by atoms with Gasteiger partial charge in [-0.15, -0.1) is 57.5 Å². The number of esters is 5. The molecule has 38 heteroatoms. The molecule has 7 aromatic heterocycles. The number of thiazole rings is 3. The topological polar surface area (TPSA) is 356 Å². The zero-order valence-corrected chi connectivity index (χ0v) is 102. The van der Waals surface area contributed by atoms with Crippen molar-refractivity contribution in [1.29, 1.82) is 0 Å². The third-order valence-corrected chi connectivity index (χ3v) is 33.4. The Labute approximate surface area is 939 Å². The number of benzene rings is 4. The van der Waals surface area contributed by atoms with Crippen LogP contribution in [0.25, 0.3) is 33.4 Å². The molecular formula is C112H147B2Br3N8O18S7. The molecular weight excluding hydrogens is 2230 g/mol. The van der Waals surface area contributed by atoms with Gasteiger partial charge in [-0.2, -0.15) is 0 Å². The van der Waals surface area contributed by atoms with Crippen molar-refractivity contribution in [2.24, 2.45) is 17.6 Å². The average molecular weight is 2380 g/mol. The molecule has 0 spiro atoms. The molecule has 26 nitrogen and oxygen atoms in total. The lowest BCUT2D eigenvalue weighted by molar-refractivity contribution is -0.145. The first-order valence-corrected chi connectivity index (χ1v) is 59.4. The molecule has 0 amide bonds. The van der Waals surface area contributed by atoms with Crippen molar-refractivity contribution in [3.63, 3.8) is 0 Å². The van der Waals surface area contributed by atoms with Crippen molar-refractivity contribution in [2.45, 2.75) is 338 Å². The summed E-state index contributed by atoms with van der Waals surface area (Å²) < 4.78 is 81.3. The van der Waals surface area contributed by atoms with Crippen LogP contribution in [0.15, 0.2) is 205 Å². The van der Waals surface area contributed by atoms with Crippen LogP contribution in [0.2, 0.25) is 0 Å². The van der Waals surface area contributed by atoms with Crippen LogP contribution in [0.3, 0.4) is 0 Å². The summed E-state index contributed by atoms with van der Waals surface area (Å²) >= 11 is 19.1. The van der Waals surface area contributed by atoms with E-state index in [1.165, 1.54) is 66.1 Å². The second kappa shape index (κ2) is 60.0. The van der Waals surface area contributed by atoms with E-state index in [-0.39, 0.29) is 73.5 Å². The van der Waals surface area contributed by atoms with Crippen LogP contribution in [-0.4, -0.2) is 162 Å². The summed E-state index contributed by atoms with van der Waals surface area (Å²) in [4.78, 5) is 106. The van der Waals surface area contributed by atoms with Crippen molar-refractivity contribution in [3.8, 4) is 33.4 Å². The van der Waals surface area contributed by atoms with Gasteiger partial charge in [0.05, 0.1) is 112 Å². The molecule has 2 atom stereocenters. The fraction of sp³-hybridized carbons (Fsp3) is 0.473. The van der Waals surface area contributed by atoms with Crippen LogP contribution < -0.4 is 5.73 Å². The highest BCUT2D eigenvalue weighted by molar-refractivity contribution is 9.11. The standard InChI is InChI=1S/C28H39NO4S.C22H33BrO4S.C22H24N2O2S2.C17H15N3O4S2.C12H24B2O4.C6H6BrN.C5H6BrNS/c1-7-9-10-21(8-2)19-32-26(30)13-14-34-25-16-23(22-12-11-20(3)29-18-22)15-24(17-25)27(31)33-28(4,5)6;1-6-8-9-16(7-2)15-26-20(24)10-11-28-19-13-17(12-18(23)14-19)21(25)27-22(3,4)5;1-6-19-24-13-20(28-19)27-18-10-16(15-8-7-14(2)23-12-15)9-17(11-18)21(25)26-22(3,4)5;1-10-2-3-11(8-19-10)12-4-13(17(21)22)6-14(5-12)26(23,24)16-9-20-15(7-18)25-16;1-9(2)10(3,4)16-13(15-9)14-17-11(5,6)12(7,8)18-14;1-5-2-3-6(7)4-8-5;1-2-5-7-3-4(6)8-5/h11-12,15-18,21H,7-10,13-14,19H2,1-6H3;12-14,16H,6-11,15H2,1-5H3;7-13H,6H2,1-5H3;2-6,8-9H,7,18H2,1H3,(H,21,22);1-8H3;2-4H,1H3;3H,2H2,1H3. The van der Waals surface area contributed by atoms with E-state index in [4.69, 9.17) is 48.0 Å². The number of ether oxygens (including phenoxy) is 5. The van der Waals surface area contributed by atoms with Gasteiger partial charge in [0, 0.05) is 106 Å². The minimum Gasteiger partial charge on any atom is -0.478 e. The quantitative estimate of drug-likeness (QED) is 0.0161. The number of hydrogen-bond donors (Lipinski definition) is 2. The number of nitrogens with zero attached hydrogens (tertiary/aromatic N) is 7. The van der Waals surface area contributed by atoms with Gasteiger partial charge < -0.3 is 53.1 Å². The van der Waals surface area contributed by atoms with Gasteiger partial charge in [0.25, 0.3) is 0 Å². The molecule has 2 unspecified atom stereocenters. The maximum atomic E-state index is 12.9. The molecule has 0 radical (unpaired) electrons. The summed E-state index contributed by atoms with van der Waals surface area (Å²) in [5.41, 5.74) is 12.3. The third-order valence-electron chi connectivity index (χ3n) is 23.5. The molecule has 2 fully saturated rings. The van der Waals surface area contributed by atoms with Crippen molar-refractivity contribution in [3.05, 3.63) is 237 Å². The van der Waals surface area contributed by atoms with E-state index >= 15 is 0 Å². The fourth-order valence-corrected chi connectivity index (χ4v) is 22.2. The lowest BCUT2D eigenvalue weighted by Crippen LogP contribution is -2.41. The second-order valence-corrected chi connectivity index (χ2v) is 53.2. The predicted molar refractivity (Wildman–Crippen MR) is 618 cm³/mol. The van der Waals surface area contributed by atoms with Gasteiger partial charge in [0.15, 0.2) is 0 Å². The maximum Gasteiger partial charge on any atom is 0.488 e. The molecule has 0 aliphatic carbocycles. The Balaban J connectivity index is 0.000000246. The summed E-state index contributed by atoms with van der Waals surface area (Å²) in [6.45, 7) is 54.6. The molecule has 2 saturated heterocycles. The van der Waals surface area contributed by atoms with Gasteiger partial charge in [0.1, 0.15) is 26.0 Å². The number of rotatable bonds is 35. The van der Waals surface area contributed by atoms with Gasteiger partial charge in [-0.1, -0.05) is 126 Å². The van der Waals surface area contributed by atoms with E-state index in [0.717, 1.165) is 144 Å². The minimum atomic E-state index is -3.91. The fourth-order valence-electron chi connectivity index (χ4n) is 13.7. The molecule has 150 heavy (non-hydrogen) atoms. The molecule has 2 aliphatic heterocycles. The first kappa shape index (κ1) is 128. The highest BCUT2D eigenvalue weighted by Crippen LogP contribution is 2.45.